The molecule has 1 N–H and O–H groups in total. The lowest BCUT2D eigenvalue weighted by molar-refractivity contribution is -0.142. The van der Waals surface area contributed by atoms with Gasteiger partial charge in [-0.25, -0.2) is 8.78 Å². The predicted octanol–water partition coefficient (Wildman–Crippen LogP) is 6.16. The average molecular weight is 462 g/mol. The van der Waals surface area contributed by atoms with Gasteiger partial charge in [-0.05, 0) is 53.1 Å². The zero-order valence-electron chi connectivity index (χ0n) is 16.3. The Morgan fingerprint density at radius 1 is 0.839 bits per heavy atom. The highest BCUT2D eigenvalue weighted by Gasteiger charge is 2.42. The lowest BCUT2D eigenvalue weighted by Gasteiger charge is -2.47. The second-order valence-corrected chi connectivity index (χ2v) is 8.61. The molecule has 0 saturated carbocycles. The number of halogens is 4. The van der Waals surface area contributed by atoms with Gasteiger partial charge < -0.3 is 5.11 Å². The van der Waals surface area contributed by atoms with E-state index in [1.54, 1.807) is 0 Å². The summed E-state index contributed by atoms with van der Waals surface area (Å²) in [6.45, 7) is 0.927. The number of hydrogen-bond donors (Lipinski definition) is 1. The number of carbonyl (C=O) groups is 1. The Morgan fingerprint density at radius 2 is 1.29 bits per heavy atom. The van der Waals surface area contributed by atoms with Crippen molar-refractivity contribution in [1.29, 1.82) is 0 Å². The molecule has 3 aromatic carbocycles. The molecule has 1 aliphatic heterocycles. The summed E-state index contributed by atoms with van der Waals surface area (Å²) in [4.78, 5) is 14.1. The van der Waals surface area contributed by atoms with Gasteiger partial charge in [0.2, 0.25) is 0 Å². The van der Waals surface area contributed by atoms with Crippen LogP contribution in [-0.4, -0.2) is 29.1 Å². The van der Waals surface area contributed by atoms with Crippen LogP contribution in [0.15, 0.2) is 66.7 Å². The van der Waals surface area contributed by atoms with Crippen LogP contribution in [0, 0.1) is 17.6 Å². The lowest BCUT2D eigenvalue weighted by Crippen LogP contribution is -2.52. The number of benzene rings is 3. The maximum atomic E-state index is 13.7. The van der Waals surface area contributed by atoms with Crippen LogP contribution in [-0.2, 0) is 4.79 Å². The Kier molecular flexibility index (Phi) is 6.28. The van der Waals surface area contributed by atoms with Crippen LogP contribution in [0.3, 0.4) is 0 Å². The van der Waals surface area contributed by atoms with Crippen LogP contribution in [0.2, 0.25) is 10.0 Å². The number of carboxylic acids is 1. The van der Waals surface area contributed by atoms with Gasteiger partial charge in [0.1, 0.15) is 11.6 Å². The van der Waals surface area contributed by atoms with Gasteiger partial charge in [-0.3, -0.25) is 9.69 Å². The van der Waals surface area contributed by atoms with Crippen LogP contribution in [0.5, 0.6) is 0 Å². The van der Waals surface area contributed by atoms with Gasteiger partial charge in [0, 0.05) is 35.1 Å². The SMILES string of the molecule is O=C(O)C(c1cc(F)cc(F)c1)C1CN(C(c2ccc(Cl)cc2)c2ccc(Cl)cc2)C1. The highest BCUT2D eigenvalue weighted by molar-refractivity contribution is 6.30. The van der Waals surface area contributed by atoms with Crippen molar-refractivity contribution in [3.8, 4) is 0 Å². The van der Waals surface area contributed by atoms with Crippen LogP contribution in [0.25, 0.3) is 0 Å². The van der Waals surface area contributed by atoms with E-state index in [1.165, 1.54) is 0 Å². The van der Waals surface area contributed by atoms with E-state index in [0.717, 1.165) is 29.3 Å². The maximum absolute atomic E-state index is 13.7. The molecule has 31 heavy (non-hydrogen) atoms. The van der Waals surface area contributed by atoms with E-state index >= 15 is 0 Å². The van der Waals surface area contributed by atoms with Crippen molar-refractivity contribution >= 4 is 29.2 Å². The van der Waals surface area contributed by atoms with Gasteiger partial charge in [0.05, 0.1) is 12.0 Å². The highest BCUT2D eigenvalue weighted by atomic mass is 35.5. The van der Waals surface area contributed by atoms with Crippen LogP contribution in [0.1, 0.15) is 28.7 Å². The average Bonchev–Trinajstić information content (AvgIpc) is 2.67. The second-order valence-electron chi connectivity index (χ2n) is 7.74. The van der Waals surface area contributed by atoms with E-state index in [-0.39, 0.29) is 17.5 Å². The third kappa shape index (κ3) is 4.74. The first-order chi connectivity index (χ1) is 14.8. The molecule has 1 heterocycles. The van der Waals surface area contributed by atoms with Gasteiger partial charge >= 0.3 is 5.97 Å². The third-order valence-corrected chi connectivity index (χ3v) is 6.16. The fourth-order valence-corrected chi connectivity index (χ4v) is 4.50. The Labute approximate surface area is 188 Å². The van der Waals surface area contributed by atoms with Crippen molar-refractivity contribution in [2.45, 2.75) is 12.0 Å². The van der Waals surface area contributed by atoms with Crippen molar-refractivity contribution in [3.63, 3.8) is 0 Å². The Bertz CT molecular complexity index is 1020. The summed E-state index contributed by atoms with van der Waals surface area (Å²) in [7, 11) is 0. The fourth-order valence-electron chi connectivity index (χ4n) is 4.25. The summed E-state index contributed by atoms with van der Waals surface area (Å²) in [5, 5.41) is 11.0. The molecule has 7 heteroatoms. The molecule has 1 fully saturated rings. The highest BCUT2D eigenvalue weighted by Crippen LogP contribution is 2.40. The predicted molar refractivity (Wildman–Crippen MR) is 117 cm³/mol. The Morgan fingerprint density at radius 3 is 1.71 bits per heavy atom. The molecule has 0 aliphatic carbocycles. The van der Waals surface area contributed by atoms with E-state index in [1.807, 2.05) is 48.5 Å². The Balaban J connectivity index is 1.61. The third-order valence-electron chi connectivity index (χ3n) is 5.66. The van der Waals surface area contributed by atoms with Crippen LogP contribution < -0.4 is 0 Å². The zero-order valence-corrected chi connectivity index (χ0v) is 17.8. The standard InChI is InChI=1S/C24H19Cl2F2NO2/c25-18-5-1-14(2-6-18)23(15-3-7-19(26)8-4-15)29-12-17(13-29)22(24(30)31)16-9-20(27)11-21(28)10-16/h1-11,17,22-23H,12-13H2,(H,30,31). The van der Waals surface area contributed by atoms with E-state index in [9.17, 15) is 18.7 Å². The maximum Gasteiger partial charge on any atom is 0.311 e. The topological polar surface area (TPSA) is 40.5 Å². The monoisotopic (exact) mass is 461 g/mol. The molecule has 3 aromatic rings. The lowest BCUT2D eigenvalue weighted by atomic mass is 9.79. The van der Waals surface area contributed by atoms with Crippen molar-refractivity contribution in [2.75, 3.05) is 13.1 Å². The molecular weight excluding hydrogens is 443 g/mol. The van der Waals surface area contributed by atoms with Crippen molar-refractivity contribution in [3.05, 3.63) is 105 Å². The number of carboxylic acid groups (broad SMARTS) is 1. The summed E-state index contributed by atoms with van der Waals surface area (Å²) in [6, 6.07) is 17.8. The molecule has 0 aromatic heterocycles. The van der Waals surface area contributed by atoms with Gasteiger partial charge in [0.15, 0.2) is 0 Å². The van der Waals surface area contributed by atoms with E-state index in [0.29, 0.717) is 23.1 Å². The number of nitrogens with zero attached hydrogens (tertiary/aromatic N) is 1. The molecular formula is C24H19Cl2F2NO2. The smallest absolute Gasteiger partial charge is 0.311 e. The molecule has 0 bridgehead atoms. The van der Waals surface area contributed by atoms with Crippen molar-refractivity contribution in [1.82, 2.24) is 4.90 Å². The summed E-state index contributed by atoms with van der Waals surface area (Å²) in [6.07, 6.45) is 0. The van der Waals surface area contributed by atoms with Crippen LogP contribution in [0.4, 0.5) is 8.78 Å². The Hall–Kier alpha value is -2.47. The zero-order chi connectivity index (χ0) is 22.1. The first-order valence-electron chi connectivity index (χ1n) is 9.75. The van der Waals surface area contributed by atoms with Gasteiger partial charge in [-0.2, -0.15) is 0 Å². The fraction of sp³-hybridized carbons (Fsp3) is 0.208. The first-order valence-corrected chi connectivity index (χ1v) is 10.5. The molecule has 1 atom stereocenters. The van der Waals surface area contributed by atoms with Crippen molar-refractivity contribution < 1.29 is 18.7 Å². The number of hydrogen-bond acceptors (Lipinski definition) is 2. The van der Waals surface area contributed by atoms with Gasteiger partial charge in [-0.1, -0.05) is 47.5 Å². The minimum atomic E-state index is -1.09. The summed E-state index contributed by atoms with van der Waals surface area (Å²) in [5.41, 5.74) is 2.16. The minimum absolute atomic E-state index is 0.121. The van der Waals surface area contributed by atoms with Gasteiger partial charge in [-0.15, -0.1) is 0 Å². The van der Waals surface area contributed by atoms with Crippen molar-refractivity contribution in [2.24, 2.45) is 5.92 Å². The van der Waals surface area contributed by atoms with E-state index in [2.05, 4.69) is 4.90 Å². The molecule has 3 nitrogen and oxygen atoms in total. The molecule has 1 saturated heterocycles. The largest absolute Gasteiger partial charge is 0.481 e. The summed E-state index contributed by atoms with van der Waals surface area (Å²) in [5.74, 6) is -3.92. The summed E-state index contributed by atoms with van der Waals surface area (Å²) < 4.78 is 27.4. The van der Waals surface area contributed by atoms with E-state index < -0.39 is 23.5 Å². The number of likely N-dealkylation sites (tertiary alicyclic amines) is 1. The molecule has 0 radical (unpaired) electrons. The normalized spacial score (nSPS) is 15.6. The number of aliphatic carboxylic acids is 1. The molecule has 4 rings (SSSR count). The molecule has 1 aliphatic rings. The molecule has 160 valence electrons. The quantitative estimate of drug-likeness (QED) is 0.477. The molecule has 0 amide bonds. The molecule has 0 spiro atoms. The second kappa shape index (κ2) is 8.95. The van der Waals surface area contributed by atoms with E-state index in [4.69, 9.17) is 23.2 Å². The first kappa shape index (κ1) is 21.8. The summed E-state index contributed by atoms with van der Waals surface area (Å²) >= 11 is 12.1. The number of rotatable bonds is 6. The van der Waals surface area contributed by atoms with Crippen LogP contribution >= 0.6 is 23.2 Å². The molecule has 1 unspecified atom stereocenters. The minimum Gasteiger partial charge on any atom is -0.481 e. The van der Waals surface area contributed by atoms with Gasteiger partial charge in [0.25, 0.3) is 0 Å².